The van der Waals surface area contributed by atoms with Crippen LogP contribution < -0.4 is 4.90 Å². The molecule has 19 heavy (non-hydrogen) atoms. The van der Waals surface area contributed by atoms with E-state index in [1.165, 1.54) is 17.0 Å². The lowest BCUT2D eigenvalue weighted by Gasteiger charge is -2.28. The molecule has 1 N–H and O–H groups in total. The van der Waals surface area contributed by atoms with Crippen molar-refractivity contribution in [2.75, 3.05) is 11.9 Å². The number of nitrogens with zero attached hydrogens (tertiary/aromatic N) is 1. The van der Waals surface area contributed by atoms with E-state index in [1.807, 2.05) is 13.1 Å². The van der Waals surface area contributed by atoms with E-state index in [2.05, 4.69) is 23.3 Å². The van der Waals surface area contributed by atoms with Crippen molar-refractivity contribution in [1.82, 2.24) is 0 Å². The molecule has 1 aromatic carbocycles. The summed E-state index contributed by atoms with van der Waals surface area (Å²) in [6.07, 6.45) is 0.941. The van der Waals surface area contributed by atoms with Crippen LogP contribution in [-0.2, 0) is 13.0 Å². The monoisotopic (exact) mass is 279 g/mol. The Morgan fingerprint density at radius 1 is 1.37 bits per heavy atom. The number of aliphatic hydroxyl groups is 1. The smallest absolute Gasteiger partial charge is 0.123 e. The Morgan fingerprint density at radius 3 is 2.79 bits per heavy atom. The molecule has 1 aromatic heterocycles. The molecule has 0 bridgehead atoms. The summed E-state index contributed by atoms with van der Waals surface area (Å²) in [6, 6.07) is 9.00. The van der Waals surface area contributed by atoms with Gasteiger partial charge in [-0.1, -0.05) is 6.07 Å². The van der Waals surface area contributed by atoms with Crippen LogP contribution in [0.5, 0.6) is 0 Å². The van der Waals surface area contributed by atoms with E-state index < -0.39 is 0 Å². The fourth-order valence-corrected chi connectivity index (χ4v) is 2.95. The number of hydrogen-bond acceptors (Lipinski definition) is 3. The maximum absolute atomic E-state index is 13.2. The first-order valence-corrected chi connectivity index (χ1v) is 7.14. The van der Waals surface area contributed by atoms with Crippen molar-refractivity contribution in [3.63, 3.8) is 0 Å². The van der Waals surface area contributed by atoms with Gasteiger partial charge in [-0.25, -0.2) is 4.39 Å². The predicted molar refractivity (Wildman–Crippen MR) is 78.2 cm³/mol. The molecule has 1 heterocycles. The topological polar surface area (TPSA) is 23.5 Å². The van der Waals surface area contributed by atoms with Crippen molar-refractivity contribution in [3.8, 4) is 0 Å². The molecule has 0 aliphatic heterocycles. The number of anilines is 1. The second-order valence-electron chi connectivity index (χ2n) is 4.67. The fourth-order valence-electron chi connectivity index (χ4n) is 2.12. The Bertz CT molecular complexity index is 527. The quantitative estimate of drug-likeness (QED) is 0.906. The first-order valence-electron chi connectivity index (χ1n) is 6.26. The number of benzene rings is 1. The van der Waals surface area contributed by atoms with E-state index in [0.29, 0.717) is 5.56 Å². The van der Waals surface area contributed by atoms with Gasteiger partial charge >= 0.3 is 0 Å². The number of thiophene rings is 1. The van der Waals surface area contributed by atoms with Crippen LogP contribution in [0.25, 0.3) is 0 Å². The van der Waals surface area contributed by atoms with E-state index in [-0.39, 0.29) is 18.5 Å². The van der Waals surface area contributed by atoms with Gasteiger partial charge in [0.25, 0.3) is 0 Å². The second kappa shape index (κ2) is 6.17. The van der Waals surface area contributed by atoms with Crippen LogP contribution in [0, 0.1) is 5.82 Å². The summed E-state index contributed by atoms with van der Waals surface area (Å²) in [7, 11) is 1.98. The van der Waals surface area contributed by atoms with Crippen LogP contribution in [0.3, 0.4) is 0 Å². The van der Waals surface area contributed by atoms with Gasteiger partial charge in [-0.15, -0.1) is 11.3 Å². The van der Waals surface area contributed by atoms with E-state index in [1.54, 1.807) is 17.4 Å². The second-order valence-corrected chi connectivity index (χ2v) is 5.71. The number of halogens is 1. The summed E-state index contributed by atoms with van der Waals surface area (Å²) in [5, 5.41) is 11.4. The Morgan fingerprint density at radius 2 is 2.16 bits per heavy atom. The van der Waals surface area contributed by atoms with Gasteiger partial charge in [-0.3, -0.25) is 0 Å². The van der Waals surface area contributed by atoms with Crippen molar-refractivity contribution in [1.29, 1.82) is 0 Å². The fraction of sp³-hybridized carbons (Fsp3) is 0.333. The highest BCUT2D eigenvalue weighted by Gasteiger charge is 2.14. The minimum Gasteiger partial charge on any atom is -0.392 e. The number of hydrogen-bond donors (Lipinski definition) is 1. The van der Waals surface area contributed by atoms with Gasteiger partial charge in [0.15, 0.2) is 0 Å². The van der Waals surface area contributed by atoms with Gasteiger partial charge in [-0.05, 0) is 36.6 Å². The van der Waals surface area contributed by atoms with E-state index in [9.17, 15) is 9.50 Å². The lowest BCUT2D eigenvalue weighted by atomic mass is 10.1. The molecule has 102 valence electrons. The summed E-state index contributed by atoms with van der Waals surface area (Å²) in [4.78, 5) is 3.41. The van der Waals surface area contributed by atoms with Crippen LogP contribution in [0.1, 0.15) is 17.4 Å². The van der Waals surface area contributed by atoms with E-state index >= 15 is 0 Å². The number of aliphatic hydroxyl groups excluding tert-OH is 1. The summed E-state index contributed by atoms with van der Waals surface area (Å²) in [5.74, 6) is -0.313. The zero-order chi connectivity index (χ0) is 13.8. The summed E-state index contributed by atoms with van der Waals surface area (Å²) < 4.78 is 13.2. The third kappa shape index (κ3) is 3.33. The van der Waals surface area contributed by atoms with Crippen LogP contribution in [0.2, 0.25) is 0 Å². The third-order valence-corrected chi connectivity index (χ3v) is 4.23. The predicted octanol–water partition coefficient (Wildman–Crippen LogP) is 3.45. The molecule has 2 rings (SSSR count). The zero-order valence-corrected chi connectivity index (χ0v) is 12.0. The number of rotatable bonds is 5. The molecular weight excluding hydrogens is 261 g/mol. The van der Waals surface area contributed by atoms with Crippen molar-refractivity contribution < 1.29 is 9.50 Å². The Balaban J connectivity index is 2.16. The first kappa shape index (κ1) is 14.0. The molecule has 0 radical (unpaired) electrons. The van der Waals surface area contributed by atoms with Gasteiger partial charge in [0.2, 0.25) is 0 Å². The summed E-state index contributed by atoms with van der Waals surface area (Å²) in [6.45, 7) is 1.98. The van der Waals surface area contributed by atoms with E-state index in [4.69, 9.17) is 0 Å². The lowest BCUT2D eigenvalue weighted by molar-refractivity contribution is 0.281. The minimum absolute atomic E-state index is 0.150. The summed E-state index contributed by atoms with van der Waals surface area (Å²) in [5.41, 5.74) is 1.51. The molecule has 2 nitrogen and oxygen atoms in total. The maximum Gasteiger partial charge on any atom is 0.123 e. The van der Waals surface area contributed by atoms with Crippen molar-refractivity contribution in [3.05, 3.63) is 52.0 Å². The van der Waals surface area contributed by atoms with Crippen molar-refractivity contribution in [2.24, 2.45) is 0 Å². The molecule has 0 aliphatic carbocycles. The molecule has 0 spiro atoms. The molecule has 0 saturated heterocycles. The standard InChI is InChI=1S/C15H18FNOS/c1-11(8-14-4-3-7-19-14)17(2)15-6-5-13(16)9-12(15)10-18/h3-7,9,11,18H,8,10H2,1-2H3. The van der Waals surface area contributed by atoms with Crippen LogP contribution in [0.15, 0.2) is 35.7 Å². The number of likely N-dealkylation sites (N-methyl/N-ethyl adjacent to an activating group) is 1. The molecule has 4 heteroatoms. The maximum atomic E-state index is 13.2. The normalized spacial score (nSPS) is 12.4. The van der Waals surface area contributed by atoms with Crippen LogP contribution in [0.4, 0.5) is 10.1 Å². The van der Waals surface area contributed by atoms with Crippen molar-refractivity contribution in [2.45, 2.75) is 26.0 Å². The van der Waals surface area contributed by atoms with Gasteiger partial charge in [-0.2, -0.15) is 0 Å². The van der Waals surface area contributed by atoms with Crippen LogP contribution >= 0.6 is 11.3 Å². The molecule has 2 aromatic rings. The first-order chi connectivity index (χ1) is 9.11. The molecule has 1 atom stereocenters. The van der Waals surface area contributed by atoms with Gasteiger partial charge < -0.3 is 10.0 Å². The zero-order valence-electron chi connectivity index (χ0n) is 11.1. The largest absolute Gasteiger partial charge is 0.392 e. The van der Waals surface area contributed by atoms with Gasteiger partial charge in [0, 0.05) is 35.6 Å². The molecular formula is C15H18FNOS. The average molecular weight is 279 g/mol. The van der Waals surface area contributed by atoms with Gasteiger partial charge in [0.05, 0.1) is 6.61 Å². The molecule has 0 fully saturated rings. The van der Waals surface area contributed by atoms with Crippen molar-refractivity contribution >= 4 is 17.0 Å². The Labute approximate surface area is 117 Å². The third-order valence-electron chi connectivity index (χ3n) is 3.33. The molecule has 0 aliphatic rings. The molecule has 0 amide bonds. The highest BCUT2D eigenvalue weighted by Crippen LogP contribution is 2.24. The Kier molecular flexibility index (Phi) is 4.56. The average Bonchev–Trinajstić information content (AvgIpc) is 2.90. The highest BCUT2D eigenvalue weighted by atomic mass is 32.1. The Hall–Kier alpha value is -1.39. The molecule has 1 unspecified atom stereocenters. The van der Waals surface area contributed by atoms with Crippen LogP contribution in [-0.4, -0.2) is 18.2 Å². The summed E-state index contributed by atoms with van der Waals surface area (Å²) >= 11 is 1.74. The van der Waals surface area contributed by atoms with Gasteiger partial charge in [0.1, 0.15) is 5.82 Å². The molecule has 0 saturated carbocycles. The SMILES string of the molecule is CC(Cc1cccs1)N(C)c1ccc(F)cc1CO. The minimum atomic E-state index is -0.313. The lowest BCUT2D eigenvalue weighted by Crippen LogP contribution is -2.31. The van der Waals surface area contributed by atoms with E-state index in [0.717, 1.165) is 12.1 Å². The highest BCUT2D eigenvalue weighted by molar-refractivity contribution is 7.09.